The first kappa shape index (κ1) is 14.4. The van der Waals surface area contributed by atoms with Crippen LogP contribution in [0.15, 0.2) is 12.4 Å². The van der Waals surface area contributed by atoms with E-state index in [0.29, 0.717) is 11.1 Å². The van der Waals surface area contributed by atoms with Gasteiger partial charge < -0.3 is 14.5 Å². The maximum atomic E-state index is 12.1. The maximum absolute atomic E-state index is 12.1. The highest BCUT2D eigenvalue weighted by Gasteiger charge is 2.49. The van der Waals surface area contributed by atoms with E-state index < -0.39 is 5.60 Å². The number of fused-ring (bicyclic) bond motifs is 1. The van der Waals surface area contributed by atoms with Crippen LogP contribution in [0, 0.1) is 5.92 Å². The molecule has 2 saturated heterocycles. The Kier molecular flexibility index (Phi) is 3.43. The number of halogens is 1. The van der Waals surface area contributed by atoms with Gasteiger partial charge in [0.1, 0.15) is 16.6 Å². The summed E-state index contributed by atoms with van der Waals surface area (Å²) in [6.45, 7) is 8.00. The molecule has 1 aromatic rings. The van der Waals surface area contributed by atoms with Gasteiger partial charge in [-0.05, 0) is 20.8 Å². The summed E-state index contributed by atoms with van der Waals surface area (Å²) in [5, 5.41) is 0.385. The molecule has 1 amide bonds. The van der Waals surface area contributed by atoms with Crippen molar-refractivity contribution in [3.63, 3.8) is 0 Å². The Labute approximate surface area is 129 Å². The highest BCUT2D eigenvalue weighted by molar-refractivity contribution is 6.29. The number of amides is 1. The van der Waals surface area contributed by atoms with Crippen molar-refractivity contribution in [2.75, 3.05) is 24.5 Å². The summed E-state index contributed by atoms with van der Waals surface area (Å²) in [4.78, 5) is 24.4. The van der Waals surface area contributed by atoms with Crippen LogP contribution in [0.25, 0.3) is 0 Å². The predicted molar refractivity (Wildman–Crippen MR) is 79.5 cm³/mol. The zero-order valence-corrected chi connectivity index (χ0v) is 13.2. The van der Waals surface area contributed by atoms with Crippen LogP contribution in [0.3, 0.4) is 0 Å². The lowest BCUT2D eigenvalue weighted by Gasteiger charge is -2.43. The van der Waals surface area contributed by atoms with Gasteiger partial charge in [-0.15, -0.1) is 0 Å². The van der Waals surface area contributed by atoms with E-state index in [2.05, 4.69) is 14.9 Å². The van der Waals surface area contributed by atoms with Crippen molar-refractivity contribution < 1.29 is 9.53 Å². The number of carbonyl (C=O) groups excluding carboxylic acids is 1. The van der Waals surface area contributed by atoms with Gasteiger partial charge in [0, 0.05) is 25.6 Å². The summed E-state index contributed by atoms with van der Waals surface area (Å²) in [7, 11) is 0. The summed E-state index contributed by atoms with van der Waals surface area (Å²) >= 11 is 5.88. The van der Waals surface area contributed by atoms with Crippen molar-refractivity contribution >= 4 is 23.5 Å². The lowest BCUT2D eigenvalue weighted by Crippen LogP contribution is -2.59. The average molecular weight is 311 g/mol. The number of anilines is 1. The first-order valence-electron chi connectivity index (χ1n) is 7.05. The third-order valence-corrected chi connectivity index (χ3v) is 3.96. The van der Waals surface area contributed by atoms with Crippen molar-refractivity contribution in [3.8, 4) is 0 Å². The molecule has 21 heavy (non-hydrogen) atoms. The van der Waals surface area contributed by atoms with E-state index in [0.717, 1.165) is 25.5 Å². The number of aromatic nitrogens is 2. The summed E-state index contributed by atoms with van der Waals surface area (Å²) in [5.41, 5.74) is -0.459. The number of hydrogen-bond acceptors (Lipinski definition) is 5. The Morgan fingerprint density at radius 1 is 1.33 bits per heavy atom. The van der Waals surface area contributed by atoms with E-state index >= 15 is 0 Å². The molecule has 0 saturated carbocycles. The lowest BCUT2D eigenvalue weighted by molar-refractivity contribution is -0.0163. The predicted octanol–water partition coefficient (Wildman–Crippen LogP) is 2.19. The van der Waals surface area contributed by atoms with Crippen LogP contribution >= 0.6 is 11.6 Å². The summed E-state index contributed by atoms with van der Waals surface area (Å²) in [6.07, 6.45) is 2.99. The molecule has 0 spiro atoms. The summed E-state index contributed by atoms with van der Waals surface area (Å²) in [6, 6.07) is 0.195. The van der Waals surface area contributed by atoms with E-state index in [1.807, 2.05) is 20.8 Å². The molecule has 114 valence electrons. The average Bonchev–Trinajstić information content (AvgIpc) is 2.65. The van der Waals surface area contributed by atoms with Crippen LogP contribution in [-0.4, -0.2) is 52.2 Å². The molecule has 3 heterocycles. The van der Waals surface area contributed by atoms with Gasteiger partial charge in [0.05, 0.1) is 18.4 Å². The van der Waals surface area contributed by atoms with Crippen LogP contribution in [0.1, 0.15) is 20.8 Å². The number of likely N-dealkylation sites (tertiary alicyclic amines) is 1. The number of carbonyl (C=O) groups is 1. The Hall–Kier alpha value is -1.56. The Morgan fingerprint density at radius 3 is 2.76 bits per heavy atom. The van der Waals surface area contributed by atoms with Gasteiger partial charge in [0.25, 0.3) is 0 Å². The third-order valence-electron chi connectivity index (χ3n) is 3.78. The van der Waals surface area contributed by atoms with Crippen LogP contribution < -0.4 is 4.90 Å². The second kappa shape index (κ2) is 5.02. The maximum Gasteiger partial charge on any atom is 0.410 e. The molecule has 1 aromatic heterocycles. The van der Waals surface area contributed by atoms with Gasteiger partial charge in [0.15, 0.2) is 0 Å². The second-order valence-electron chi connectivity index (χ2n) is 6.57. The molecule has 0 aromatic carbocycles. The van der Waals surface area contributed by atoms with Crippen molar-refractivity contribution in [2.24, 2.45) is 5.92 Å². The van der Waals surface area contributed by atoms with Gasteiger partial charge in [-0.3, -0.25) is 4.98 Å². The largest absolute Gasteiger partial charge is 0.444 e. The number of rotatable bonds is 1. The van der Waals surface area contributed by atoms with Crippen molar-refractivity contribution in [2.45, 2.75) is 32.4 Å². The molecule has 0 radical (unpaired) electrons. The number of ether oxygens (including phenoxy) is 1. The molecule has 2 fully saturated rings. The summed E-state index contributed by atoms with van der Waals surface area (Å²) < 4.78 is 5.43. The fraction of sp³-hybridized carbons (Fsp3) is 0.643. The lowest BCUT2D eigenvalue weighted by atomic mass is 9.93. The van der Waals surface area contributed by atoms with Crippen molar-refractivity contribution in [1.29, 1.82) is 0 Å². The Balaban J connectivity index is 1.64. The first-order valence-corrected chi connectivity index (χ1v) is 7.43. The van der Waals surface area contributed by atoms with Crippen LogP contribution in [0.5, 0.6) is 0 Å². The van der Waals surface area contributed by atoms with E-state index in [1.165, 1.54) is 6.20 Å². The van der Waals surface area contributed by atoms with Crippen molar-refractivity contribution in [3.05, 3.63) is 17.5 Å². The zero-order chi connectivity index (χ0) is 15.2. The first-order chi connectivity index (χ1) is 9.83. The minimum absolute atomic E-state index is 0.195. The molecule has 3 rings (SSSR count). The monoisotopic (exact) mass is 310 g/mol. The molecular weight excluding hydrogens is 292 g/mol. The van der Waals surface area contributed by atoms with Gasteiger partial charge in [-0.1, -0.05) is 11.6 Å². The summed E-state index contributed by atoms with van der Waals surface area (Å²) in [5.74, 6) is 1.24. The minimum Gasteiger partial charge on any atom is -0.444 e. The Morgan fingerprint density at radius 2 is 2.10 bits per heavy atom. The molecule has 2 aliphatic rings. The third kappa shape index (κ3) is 2.90. The highest BCUT2D eigenvalue weighted by atomic mass is 35.5. The topological polar surface area (TPSA) is 58.6 Å². The zero-order valence-electron chi connectivity index (χ0n) is 12.4. The fourth-order valence-electron chi connectivity index (χ4n) is 2.84. The normalized spacial score (nSPS) is 24.6. The molecular formula is C14H19ClN4O2. The number of nitrogens with zero attached hydrogens (tertiary/aromatic N) is 4. The van der Waals surface area contributed by atoms with E-state index in [1.54, 1.807) is 11.1 Å². The van der Waals surface area contributed by atoms with Gasteiger partial charge in [-0.25, -0.2) is 9.78 Å². The van der Waals surface area contributed by atoms with E-state index in [9.17, 15) is 4.79 Å². The minimum atomic E-state index is -0.459. The fourth-order valence-corrected chi connectivity index (χ4v) is 2.98. The van der Waals surface area contributed by atoms with Crippen LogP contribution in [0.4, 0.5) is 10.6 Å². The SMILES string of the molecule is CC(C)(C)OC(=O)N1C[C@H]2CN(c3cncc(Cl)n3)C[C@H]21. The van der Waals surface area contributed by atoms with E-state index in [-0.39, 0.29) is 12.1 Å². The highest BCUT2D eigenvalue weighted by Crippen LogP contribution is 2.35. The molecule has 7 heteroatoms. The molecule has 2 atom stereocenters. The van der Waals surface area contributed by atoms with Crippen molar-refractivity contribution in [1.82, 2.24) is 14.9 Å². The standard InChI is InChI=1S/C14H19ClN4O2/c1-14(2,3)21-13(20)19-7-9-6-18(8-10(9)19)12-5-16-4-11(15)17-12/h4-5,9-10H,6-8H2,1-3H3/t9-,10-/m1/s1. The number of hydrogen-bond donors (Lipinski definition) is 0. The van der Waals surface area contributed by atoms with Gasteiger partial charge in [0.2, 0.25) is 0 Å². The van der Waals surface area contributed by atoms with Crippen LogP contribution in [-0.2, 0) is 4.74 Å². The second-order valence-corrected chi connectivity index (χ2v) is 6.95. The van der Waals surface area contributed by atoms with E-state index in [4.69, 9.17) is 16.3 Å². The molecule has 0 N–H and O–H groups in total. The molecule has 0 aliphatic carbocycles. The van der Waals surface area contributed by atoms with Gasteiger partial charge in [-0.2, -0.15) is 0 Å². The van der Waals surface area contributed by atoms with Gasteiger partial charge >= 0.3 is 6.09 Å². The smallest absolute Gasteiger partial charge is 0.410 e. The molecule has 0 bridgehead atoms. The molecule has 2 aliphatic heterocycles. The molecule has 0 unspecified atom stereocenters. The van der Waals surface area contributed by atoms with Crippen LogP contribution in [0.2, 0.25) is 5.15 Å². The quantitative estimate of drug-likeness (QED) is 0.796. The Bertz CT molecular complexity index is 560. The molecule has 6 nitrogen and oxygen atoms in total.